The summed E-state index contributed by atoms with van der Waals surface area (Å²) in [7, 11) is 0. The molecule has 0 unspecified atom stereocenters. The van der Waals surface area contributed by atoms with Gasteiger partial charge in [-0.1, -0.05) is 30.3 Å². The number of azo groups is 1. The number of hydrogen-bond donors (Lipinski definition) is 1. The molecule has 0 aliphatic rings. The fourth-order valence-electron chi connectivity index (χ4n) is 2.90. The lowest BCUT2D eigenvalue weighted by Crippen LogP contribution is -2.07. The van der Waals surface area contributed by atoms with E-state index >= 15 is 0 Å². The standard InChI is InChI=1S/C21H20N4O3/c1-15-7-6-8-16(13-15)28-14-19(26)23-24-20-17-9-2-3-10-18(17)25(21(20)27)12-5-4-11-22/h2-3,6-10,13,27H,4-5,12,14H2,1H3. The molecule has 0 spiro atoms. The minimum absolute atomic E-state index is 0.0738. The van der Waals surface area contributed by atoms with Gasteiger partial charge in [0.15, 0.2) is 12.3 Å². The molecule has 0 bridgehead atoms. The van der Waals surface area contributed by atoms with Crippen molar-refractivity contribution in [3.63, 3.8) is 0 Å². The van der Waals surface area contributed by atoms with Gasteiger partial charge >= 0.3 is 5.91 Å². The van der Waals surface area contributed by atoms with E-state index < -0.39 is 5.91 Å². The Hall–Kier alpha value is -3.66. The molecule has 2 aromatic carbocycles. The van der Waals surface area contributed by atoms with E-state index in [0.717, 1.165) is 11.1 Å². The van der Waals surface area contributed by atoms with Crippen molar-refractivity contribution in [1.82, 2.24) is 4.57 Å². The quantitative estimate of drug-likeness (QED) is 0.479. The Labute approximate surface area is 162 Å². The molecular formula is C21H20N4O3. The molecule has 3 aromatic rings. The summed E-state index contributed by atoms with van der Waals surface area (Å²) in [5.41, 5.74) is 2.03. The number of carbonyl (C=O) groups excluding carboxylic acids is 1. The van der Waals surface area contributed by atoms with Crippen molar-refractivity contribution < 1.29 is 14.6 Å². The number of benzene rings is 2. The minimum atomic E-state index is -0.554. The average molecular weight is 376 g/mol. The van der Waals surface area contributed by atoms with Gasteiger partial charge in [-0.05, 0) is 37.1 Å². The second kappa shape index (κ2) is 8.82. The van der Waals surface area contributed by atoms with Gasteiger partial charge in [0.25, 0.3) is 0 Å². The van der Waals surface area contributed by atoms with Crippen LogP contribution in [0.2, 0.25) is 0 Å². The smallest absolute Gasteiger partial charge is 0.302 e. The highest BCUT2D eigenvalue weighted by molar-refractivity contribution is 5.95. The number of carbonyl (C=O) groups is 1. The second-order valence-electron chi connectivity index (χ2n) is 6.30. The summed E-state index contributed by atoms with van der Waals surface area (Å²) < 4.78 is 7.10. The lowest BCUT2D eigenvalue weighted by atomic mass is 10.2. The van der Waals surface area contributed by atoms with E-state index in [1.165, 1.54) is 0 Å². The Bertz CT molecular complexity index is 1060. The van der Waals surface area contributed by atoms with Crippen molar-refractivity contribution >= 4 is 22.5 Å². The Morgan fingerprint density at radius 2 is 2.07 bits per heavy atom. The van der Waals surface area contributed by atoms with Crippen LogP contribution < -0.4 is 4.74 Å². The maximum Gasteiger partial charge on any atom is 0.302 e. The number of ether oxygens (including phenoxy) is 1. The van der Waals surface area contributed by atoms with Gasteiger partial charge in [0.1, 0.15) is 5.75 Å². The van der Waals surface area contributed by atoms with Crippen LogP contribution in [0.5, 0.6) is 11.6 Å². The summed E-state index contributed by atoms with van der Waals surface area (Å²) in [4.78, 5) is 12.0. The molecule has 7 heteroatoms. The maximum absolute atomic E-state index is 12.0. The van der Waals surface area contributed by atoms with E-state index in [9.17, 15) is 9.90 Å². The van der Waals surface area contributed by atoms with Crippen LogP contribution in [0.1, 0.15) is 18.4 Å². The van der Waals surface area contributed by atoms with Crippen molar-refractivity contribution in [1.29, 1.82) is 5.26 Å². The van der Waals surface area contributed by atoms with Gasteiger partial charge in [-0.3, -0.25) is 4.79 Å². The number of fused-ring (bicyclic) bond motifs is 1. The first-order valence-electron chi connectivity index (χ1n) is 8.91. The molecule has 142 valence electrons. The van der Waals surface area contributed by atoms with Crippen LogP contribution in [0, 0.1) is 18.3 Å². The molecule has 0 radical (unpaired) electrons. The zero-order chi connectivity index (χ0) is 19.9. The second-order valence-corrected chi connectivity index (χ2v) is 6.30. The first kappa shape index (κ1) is 19.1. The highest BCUT2D eigenvalue weighted by Crippen LogP contribution is 2.38. The molecule has 0 saturated carbocycles. The van der Waals surface area contributed by atoms with Gasteiger partial charge < -0.3 is 14.4 Å². The van der Waals surface area contributed by atoms with Crippen LogP contribution in [0.25, 0.3) is 10.9 Å². The molecule has 28 heavy (non-hydrogen) atoms. The van der Waals surface area contributed by atoms with E-state index in [0.29, 0.717) is 30.5 Å². The summed E-state index contributed by atoms with van der Waals surface area (Å²) >= 11 is 0. The highest BCUT2D eigenvalue weighted by atomic mass is 16.5. The number of aromatic nitrogens is 1. The van der Waals surface area contributed by atoms with Gasteiger partial charge in [-0.15, -0.1) is 10.2 Å². The SMILES string of the molecule is Cc1cccc(OCC(=O)N=Nc2c(O)n(CCCC#N)c3ccccc23)c1. The summed E-state index contributed by atoms with van der Waals surface area (Å²) in [5, 5.41) is 27.6. The molecule has 7 nitrogen and oxygen atoms in total. The monoisotopic (exact) mass is 376 g/mol. The molecule has 1 aromatic heterocycles. The molecule has 0 atom stereocenters. The average Bonchev–Trinajstić information content (AvgIpc) is 2.96. The number of nitrogens with zero attached hydrogens (tertiary/aromatic N) is 4. The minimum Gasteiger partial charge on any atom is -0.493 e. The molecule has 0 aliphatic heterocycles. The Balaban J connectivity index is 1.76. The molecule has 1 N–H and O–H groups in total. The third-order valence-electron chi connectivity index (χ3n) is 4.20. The Kier molecular flexibility index (Phi) is 6.02. The summed E-state index contributed by atoms with van der Waals surface area (Å²) in [6.45, 7) is 2.16. The summed E-state index contributed by atoms with van der Waals surface area (Å²) in [5.74, 6) is -0.0435. The van der Waals surface area contributed by atoms with Gasteiger partial charge in [0.2, 0.25) is 5.88 Å². The number of hydrogen-bond acceptors (Lipinski definition) is 5. The van der Waals surface area contributed by atoms with Crippen molar-refractivity contribution in [2.75, 3.05) is 6.61 Å². The van der Waals surface area contributed by atoms with Crippen molar-refractivity contribution in [3.8, 4) is 17.7 Å². The topological polar surface area (TPSA) is 100.0 Å². The first-order valence-corrected chi connectivity index (χ1v) is 8.91. The number of aromatic hydroxyl groups is 1. The lowest BCUT2D eigenvalue weighted by Gasteiger charge is -2.04. The van der Waals surface area contributed by atoms with Crippen molar-refractivity contribution in [3.05, 3.63) is 54.1 Å². The number of rotatable bonds is 7. The van der Waals surface area contributed by atoms with E-state index in [1.54, 1.807) is 16.7 Å². The number of para-hydroxylation sites is 1. The molecule has 1 heterocycles. The summed E-state index contributed by atoms with van der Waals surface area (Å²) in [6.07, 6.45) is 0.986. The largest absolute Gasteiger partial charge is 0.493 e. The third-order valence-corrected chi connectivity index (χ3v) is 4.20. The fraction of sp³-hybridized carbons (Fsp3) is 0.238. The number of unbranched alkanes of at least 4 members (excludes halogenated alkanes) is 1. The van der Waals surface area contributed by atoms with Gasteiger partial charge in [-0.25, -0.2) is 0 Å². The van der Waals surface area contributed by atoms with E-state index in [1.807, 2.05) is 43.3 Å². The summed E-state index contributed by atoms with van der Waals surface area (Å²) in [6, 6.07) is 16.8. The zero-order valence-corrected chi connectivity index (χ0v) is 15.5. The fourth-order valence-corrected chi connectivity index (χ4v) is 2.90. The van der Waals surface area contributed by atoms with Gasteiger partial charge in [-0.2, -0.15) is 5.26 Å². The maximum atomic E-state index is 12.0. The van der Waals surface area contributed by atoms with E-state index in [-0.39, 0.29) is 18.2 Å². The normalized spacial score (nSPS) is 11.0. The van der Waals surface area contributed by atoms with Crippen molar-refractivity contribution in [2.24, 2.45) is 10.2 Å². The van der Waals surface area contributed by atoms with E-state index in [2.05, 4.69) is 16.3 Å². The predicted molar refractivity (Wildman–Crippen MR) is 105 cm³/mol. The Morgan fingerprint density at radius 1 is 1.25 bits per heavy atom. The van der Waals surface area contributed by atoms with Crippen molar-refractivity contribution in [2.45, 2.75) is 26.3 Å². The van der Waals surface area contributed by atoms with Gasteiger partial charge in [0.05, 0.1) is 11.6 Å². The number of nitriles is 1. The van der Waals surface area contributed by atoms with E-state index in [4.69, 9.17) is 10.00 Å². The third kappa shape index (κ3) is 4.35. The van der Waals surface area contributed by atoms with Crippen LogP contribution in [0.3, 0.4) is 0 Å². The Morgan fingerprint density at radius 3 is 2.86 bits per heavy atom. The molecule has 0 fully saturated rings. The van der Waals surface area contributed by atoms with Crippen LogP contribution in [0.4, 0.5) is 5.69 Å². The molecule has 0 saturated heterocycles. The van der Waals surface area contributed by atoms with Crippen LogP contribution >= 0.6 is 0 Å². The molecule has 3 rings (SSSR count). The van der Waals surface area contributed by atoms with Crippen LogP contribution in [-0.2, 0) is 11.3 Å². The zero-order valence-electron chi connectivity index (χ0n) is 15.5. The molecule has 0 aliphatic carbocycles. The first-order chi connectivity index (χ1) is 13.6. The van der Waals surface area contributed by atoms with Gasteiger partial charge in [0, 0.05) is 18.4 Å². The highest BCUT2D eigenvalue weighted by Gasteiger charge is 2.16. The molecule has 1 amide bonds. The lowest BCUT2D eigenvalue weighted by molar-refractivity contribution is -0.120. The number of amides is 1. The van der Waals surface area contributed by atoms with Crippen LogP contribution in [0.15, 0.2) is 58.8 Å². The molecular weight excluding hydrogens is 356 g/mol. The predicted octanol–water partition coefficient (Wildman–Crippen LogP) is 4.65. The van der Waals surface area contributed by atoms with Crippen LogP contribution in [-0.4, -0.2) is 22.2 Å². The number of aryl methyl sites for hydroxylation is 2.